The Morgan fingerprint density at radius 2 is 1.96 bits per heavy atom. The summed E-state index contributed by atoms with van der Waals surface area (Å²) in [6.45, 7) is -1.58. The van der Waals surface area contributed by atoms with Crippen LogP contribution in [0.5, 0.6) is 5.75 Å². The number of ether oxygens (including phenoxy) is 1. The van der Waals surface area contributed by atoms with Crippen molar-refractivity contribution in [3.63, 3.8) is 0 Å². The minimum absolute atomic E-state index is 0.138. The predicted molar refractivity (Wildman–Crippen MR) is 90.1 cm³/mol. The van der Waals surface area contributed by atoms with Crippen LogP contribution in [-0.2, 0) is 0 Å². The third-order valence-corrected chi connectivity index (χ3v) is 3.61. The summed E-state index contributed by atoms with van der Waals surface area (Å²) in [7, 11) is 1.40. The first-order valence-corrected chi connectivity index (χ1v) is 7.68. The van der Waals surface area contributed by atoms with Crippen LogP contribution in [-0.4, -0.2) is 40.3 Å². The maximum atomic E-state index is 12.9. The van der Waals surface area contributed by atoms with Crippen molar-refractivity contribution in [1.29, 1.82) is 0 Å². The summed E-state index contributed by atoms with van der Waals surface area (Å²) in [5, 5.41) is 1.66. The van der Waals surface area contributed by atoms with Gasteiger partial charge in [0.2, 0.25) is 0 Å². The Kier molecular flexibility index (Phi) is 4.80. The lowest BCUT2D eigenvalue weighted by atomic mass is 10.2. The van der Waals surface area contributed by atoms with Crippen LogP contribution in [0, 0.1) is 0 Å². The number of methoxy groups -OCH3 is 1. The van der Waals surface area contributed by atoms with Crippen LogP contribution < -0.4 is 15.6 Å². The molecule has 10 heteroatoms. The highest BCUT2D eigenvalue weighted by atomic mass is 19.4. The smallest absolute Gasteiger partial charge is 0.405 e. The fourth-order valence-corrected chi connectivity index (χ4v) is 2.47. The quantitative estimate of drug-likeness (QED) is 0.751. The number of carbonyl (C=O) groups excluding carboxylic acids is 1. The number of aromatic nitrogens is 3. The van der Waals surface area contributed by atoms with Crippen LogP contribution in [0.4, 0.5) is 13.2 Å². The molecule has 0 saturated heterocycles. The number of nitrogens with one attached hydrogen (secondary N) is 1. The third kappa shape index (κ3) is 3.73. The van der Waals surface area contributed by atoms with E-state index < -0.39 is 29.9 Å². The van der Waals surface area contributed by atoms with E-state index in [4.69, 9.17) is 4.74 Å². The molecule has 1 N–H and O–H groups in total. The number of para-hydroxylation sites is 2. The van der Waals surface area contributed by atoms with Crippen LogP contribution in [0.15, 0.2) is 47.4 Å². The maximum absolute atomic E-state index is 12.9. The predicted octanol–water partition coefficient (Wildman–Crippen LogP) is 2.08. The van der Waals surface area contributed by atoms with E-state index in [9.17, 15) is 22.8 Å². The molecule has 2 heterocycles. The number of amides is 1. The van der Waals surface area contributed by atoms with Gasteiger partial charge < -0.3 is 10.1 Å². The molecule has 0 aliphatic rings. The number of halogens is 3. The van der Waals surface area contributed by atoms with Gasteiger partial charge in [0.05, 0.1) is 12.8 Å². The lowest BCUT2D eigenvalue weighted by Gasteiger charge is -2.14. The summed E-state index contributed by atoms with van der Waals surface area (Å²) >= 11 is 0. The summed E-state index contributed by atoms with van der Waals surface area (Å²) < 4.78 is 43.5. The number of rotatable bonds is 4. The highest BCUT2D eigenvalue weighted by Crippen LogP contribution is 2.23. The van der Waals surface area contributed by atoms with E-state index in [0.717, 1.165) is 4.57 Å². The van der Waals surface area contributed by atoms with E-state index in [1.807, 2.05) is 0 Å². The largest absolute Gasteiger partial charge is 0.495 e. The van der Waals surface area contributed by atoms with Gasteiger partial charge in [-0.2, -0.15) is 13.2 Å². The van der Waals surface area contributed by atoms with Gasteiger partial charge >= 0.3 is 6.18 Å². The van der Waals surface area contributed by atoms with Crippen LogP contribution in [0.3, 0.4) is 0 Å². The molecule has 0 aliphatic heterocycles. The van der Waals surface area contributed by atoms with Crippen molar-refractivity contribution in [1.82, 2.24) is 19.9 Å². The molecule has 0 aliphatic carbocycles. The van der Waals surface area contributed by atoms with Gasteiger partial charge in [-0.3, -0.25) is 14.2 Å². The number of fused-ring (bicyclic) bond motifs is 1. The second-order valence-electron chi connectivity index (χ2n) is 5.42. The highest BCUT2D eigenvalue weighted by Gasteiger charge is 2.29. The Morgan fingerprint density at radius 3 is 2.67 bits per heavy atom. The molecule has 2 aromatic heterocycles. The fraction of sp³-hybridized carbons (Fsp3) is 0.176. The van der Waals surface area contributed by atoms with Crippen molar-refractivity contribution in [2.24, 2.45) is 0 Å². The molecule has 0 atom stereocenters. The van der Waals surface area contributed by atoms with Crippen molar-refractivity contribution >= 4 is 17.1 Å². The molecule has 0 spiro atoms. The summed E-state index contributed by atoms with van der Waals surface area (Å²) in [6, 6.07) is 9.51. The van der Waals surface area contributed by atoms with Crippen molar-refractivity contribution in [3.8, 4) is 11.4 Å². The lowest BCUT2D eigenvalue weighted by molar-refractivity contribution is -0.123. The standard InChI is InChI=1S/C17H13F3N4O3/c1-27-12-7-3-2-6-11(12)24-14-10(5-4-8-21-14)23-13(16(24)26)15(25)22-9-17(18,19)20/h2-8H,9H2,1H3,(H,22,25). The van der Waals surface area contributed by atoms with Crippen molar-refractivity contribution in [2.45, 2.75) is 6.18 Å². The summed E-state index contributed by atoms with van der Waals surface area (Å²) in [5.41, 5.74) is -1.00. The number of benzene rings is 1. The molecule has 140 valence electrons. The lowest BCUT2D eigenvalue weighted by Crippen LogP contribution is -2.38. The molecule has 1 amide bonds. The van der Waals surface area contributed by atoms with Gasteiger partial charge in [0.15, 0.2) is 11.3 Å². The van der Waals surface area contributed by atoms with E-state index in [2.05, 4.69) is 9.97 Å². The first-order valence-electron chi connectivity index (χ1n) is 7.68. The molecule has 0 bridgehead atoms. The van der Waals surface area contributed by atoms with Crippen molar-refractivity contribution in [3.05, 3.63) is 58.6 Å². The SMILES string of the molecule is COc1ccccc1-n1c(=O)c(C(=O)NCC(F)(F)F)nc2cccnc21. The molecule has 7 nitrogen and oxygen atoms in total. The van der Waals surface area contributed by atoms with Crippen LogP contribution >= 0.6 is 0 Å². The van der Waals surface area contributed by atoms with Gasteiger partial charge in [-0.1, -0.05) is 12.1 Å². The first-order chi connectivity index (χ1) is 12.8. The molecule has 3 rings (SSSR count). The Balaban J connectivity index is 2.22. The number of pyridine rings is 1. The van der Waals surface area contributed by atoms with Crippen molar-refractivity contribution in [2.75, 3.05) is 13.7 Å². The zero-order valence-electron chi connectivity index (χ0n) is 13.9. The number of nitrogens with zero attached hydrogens (tertiary/aromatic N) is 3. The molecular weight excluding hydrogens is 365 g/mol. The van der Waals surface area contributed by atoms with Gasteiger partial charge in [-0.15, -0.1) is 0 Å². The maximum Gasteiger partial charge on any atom is 0.405 e. The minimum atomic E-state index is -4.62. The summed E-state index contributed by atoms with van der Waals surface area (Å²) in [4.78, 5) is 33.0. The Hall–Kier alpha value is -3.43. The number of hydrogen-bond donors (Lipinski definition) is 1. The molecule has 27 heavy (non-hydrogen) atoms. The average Bonchev–Trinajstić information content (AvgIpc) is 2.65. The number of alkyl halides is 3. The molecule has 0 saturated carbocycles. The van der Waals surface area contributed by atoms with E-state index in [-0.39, 0.29) is 16.9 Å². The van der Waals surface area contributed by atoms with Gasteiger partial charge in [0.1, 0.15) is 17.8 Å². The van der Waals surface area contributed by atoms with E-state index in [1.165, 1.54) is 25.4 Å². The number of carbonyl (C=O) groups is 1. The zero-order chi connectivity index (χ0) is 19.6. The molecular formula is C17H13F3N4O3. The third-order valence-electron chi connectivity index (χ3n) is 3.61. The Morgan fingerprint density at radius 1 is 1.22 bits per heavy atom. The van der Waals surface area contributed by atoms with Gasteiger partial charge in [-0.25, -0.2) is 9.97 Å². The molecule has 3 aromatic rings. The van der Waals surface area contributed by atoms with E-state index in [1.54, 1.807) is 29.6 Å². The molecule has 0 radical (unpaired) electrons. The highest BCUT2D eigenvalue weighted by molar-refractivity contribution is 5.93. The minimum Gasteiger partial charge on any atom is -0.495 e. The van der Waals surface area contributed by atoms with E-state index in [0.29, 0.717) is 5.75 Å². The monoisotopic (exact) mass is 378 g/mol. The van der Waals surface area contributed by atoms with E-state index >= 15 is 0 Å². The van der Waals surface area contributed by atoms with Crippen LogP contribution in [0.2, 0.25) is 0 Å². The second kappa shape index (κ2) is 7.06. The first kappa shape index (κ1) is 18.4. The Labute approximate surface area is 150 Å². The van der Waals surface area contributed by atoms with Gasteiger partial charge in [0, 0.05) is 6.20 Å². The summed E-state index contributed by atoms with van der Waals surface area (Å²) in [5.74, 6) is -0.911. The van der Waals surface area contributed by atoms with Crippen LogP contribution in [0.1, 0.15) is 10.5 Å². The van der Waals surface area contributed by atoms with Gasteiger partial charge in [0.25, 0.3) is 11.5 Å². The second-order valence-corrected chi connectivity index (χ2v) is 5.42. The average molecular weight is 378 g/mol. The fourth-order valence-electron chi connectivity index (χ4n) is 2.47. The topological polar surface area (TPSA) is 86.1 Å². The summed E-state index contributed by atoms with van der Waals surface area (Å²) in [6.07, 6.45) is -3.19. The Bertz CT molecular complexity index is 1060. The molecule has 0 unspecified atom stereocenters. The van der Waals surface area contributed by atoms with Crippen molar-refractivity contribution < 1.29 is 22.7 Å². The van der Waals surface area contributed by atoms with Crippen LogP contribution in [0.25, 0.3) is 16.9 Å². The molecule has 0 fully saturated rings. The molecule has 1 aromatic carbocycles. The number of hydrogen-bond acceptors (Lipinski definition) is 5. The van der Waals surface area contributed by atoms with Gasteiger partial charge in [-0.05, 0) is 24.3 Å². The normalized spacial score (nSPS) is 11.4. The zero-order valence-corrected chi connectivity index (χ0v) is 13.9.